The predicted octanol–water partition coefficient (Wildman–Crippen LogP) is 5.15. The maximum atomic E-state index is 13.9. The molecule has 1 amide bonds. The van der Waals surface area contributed by atoms with Crippen LogP contribution in [0, 0.1) is 21.8 Å². The minimum Gasteiger partial charge on any atom is -0.309 e. The van der Waals surface area contributed by atoms with Crippen molar-refractivity contribution in [3.8, 4) is 0 Å². The highest BCUT2D eigenvalue weighted by Gasteiger charge is 2.21. The molecule has 2 aromatic rings. The van der Waals surface area contributed by atoms with Crippen molar-refractivity contribution in [2.24, 2.45) is 5.92 Å². The van der Waals surface area contributed by atoms with Crippen molar-refractivity contribution in [2.45, 2.75) is 25.2 Å². The van der Waals surface area contributed by atoms with E-state index in [9.17, 15) is 19.3 Å². The van der Waals surface area contributed by atoms with Gasteiger partial charge >= 0.3 is 0 Å². The van der Waals surface area contributed by atoms with Crippen LogP contribution in [0.5, 0.6) is 0 Å². The van der Waals surface area contributed by atoms with Crippen LogP contribution in [0.15, 0.2) is 47.4 Å². The minimum absolute atomic E-state index is 0.105. The molecule has 0 unspecified atom stereocenters. The van der Waals surface area contributed by atoms with Gasteiger partial charge in [0.1, 0.15) is 5.82 Å². The third-order valence-electron chi connectivity index (χ3n) is 3.87. The first-order chi connectivity index (χ1) is 12.3. The molecule has 0 aromatic heterocycles. The minimum atomic E-state index is -0.529. The topological polar surface area (TPSA) is 63.5 Å². The van der Waals surface area contributed by atoms with Gasteiger partial charge in [0.2, 0.25) is 0 Å². The molecule has 7 heteroatoms. The van der Waals surface area contributed by atoms with Gasteiger partial charge in [-0.25, -0.2) is 4.39 Å². The summed E-state index contributed by atoms with van der Waals surface area (Å²) in [5.41, 5.74) is 0.165. The molecular formula is C19H21FN2O3S. The SMILES string of the molecule is CC(C)CCSc1ccc(C(=O)N(C)c2ccccc2F)cc1[N+](=O)[O-]. The van der Waals surface area contributed by atoms with Crippen molar-refractivity contribution in [3.63, 3.8) is 0 Å². The maximum Gasteiger partial charge on any atom is 0.283 e. The van der Waals surface area contributed by atoms with Gasteiger partial charge in [-0.2, -0.15) is 0 Å². The number of benzene rings is 2. The Balaban J connectivity index is 2.26. The lowest BCUT2D eigenvalue weighted by molar-refractivity contribution is -0.387. The van der Waals surface area contributed by atoms with Crippen LogP contribution in [-0.2, 0) is 0 Å². The number of nitro benzene ring substituents is 1. The Morgan fingerprint density at radius 3 is 2.58 bits per heavy atom. The average Bonchev–Trinajstić information content (AvgIpc) is 2.60. The summed E-state index contributed by atoms with van der Waals surface area (Å²) in [5.74, 6) is 0.244. The van der Waals surface area contributed by atoms with Crippen molar-refractivity contribution >= 4 is 29.0 Å². The smallest absolute Gasteiger partial charge is 0.283 e. The molecule has 0 bridgehead atoms. The standard InChI is InChI=1S/C19H21FN2O3S/c1-13(2)10-11-26-18-9-8-14(12-17(18)22(24)25)19(23)21(3)16-7-5-4-6-15(16)20/h4-9,12-13H,10-11H2,1-3H3. The zero-order valence-electron chi connectivity index (χ0n) is 14.9. The van der Waals surface area contributed by atoms with Crippen LogP contribution in [0.25, 0.3) is 0 Å². The third kappa shape index (κ3) is 4.82. The second-order valence-corrected chi connectivity index (χ2v) is 7.42. The van der Waals surface area contributed by atoms with Gasteiger partial charge in [-0.1, -0.05) is 26.0 Å². The van der Waals surface area contributed by atoms with Gasteiger partial charge in [0.25, 0.3) is 11.6 Å². The molecule has 0 saturated carbocycles. The van der Waals surface area contributed by atoms with E-state index in [1.54, 1.807) is 18.2 Å². The van der Waals surface area contributed by atoms with Crippen molar-refractivity contribution in [2.75, 3.05) is 17.7 Å². The van der Waals surface area contributed by atoms with E-state index in [4.69, 9.17) is 0 Å². The first kappa shape index (κ1) is 19.9. The number of hydrogen-bond acceptors (Lipinski definition) is 4. The normalized spacial score (nSPS) is 10.8. The Morgan fingerprint density at radius 2 is 1.96 bits per heavy atom. The van der Waals surface area contributed by atoms with Gasteiger partial charge in [-0.05, 0) is 42.4 Å². The molecule has 0 fully saturated rings. The van der Waals surface area contributed by atoms with Gasteiger partial charge in [-0.3, -0.25) is 14.9 Å². The first-order valence-corrected chi connectivity index (χ1v) is 9.23. The van der Waals surface area contributed by atoms with Gasteiger partial charge < -0.3 is 4.90 Å². The molecule has 0 aliphatic heterocycles. The summed E-state index contributed by atoms with van der Waals surface area (Å²) in [4.78, 5) is 25.2. The fraction of sp³-hybridized carbons (Fsp3) is 0.316. The molecule has 0 radical (unpaired) electrons. The van der Waals surface area contributed by atoms with Crippen LogP contribution in [0.2, 0.25) is 0 Å². The summed E-state index contributed by atoms with van der Waals surface area (Å²) in [6.07, 6.45) is 0.943. The van der Waals surface area contributed by atoms with Crippen molar-refractivity contribution in [1.82, 2.24) is 0 Å². The van der Waals surface area contributed by atoms with Crippen molar-refractivity contribution < 1.29 is 14.1 Å². The lowest BCUT2D eigenvalue weighted by Gasteiger charge is -2.18. The molecule has 26 heavy (non-hydrogen) atoms. The molecule has 0 aliphatic rings. The molecule has 138 valence electrons. The summed E-state index contributed by atoms with van der Waals surface area (Å²) in [6, 6.07) is 10.3. The molecule has 0 saturated heterocycles. The van der Waals surface area contributed by atoms with E-state index >= 15 is 0 Å². The zero-order chi connectivity index (χ0) is 19.3. The van der Waals surface area contributed by atoms with Crippen molar-refractivity contribution in [1.29, 1.82) is 0 Å². The number of carbonyl (C=O) groups excluding carboxylic acids is 1. The van der Waals surface area contributed by atoms with E-state index in [2.05, 4.69) is 13.8 Å². The number of halogens is 1. The monoisotopic (exact) mass is 376 g/mol. The van der Waals surface area contributed by atoms with E-state index in [0.29, 0.717) is 10.8 Å². The number of carbonyl (C=O) groups is 1. The number of hydrogen-bond donors (Lipinski definition) is 0. The van der Waals surface area contributed by atoms with E-state index < -0.39 is 16.6 Å². The number of rotatable bonds is 7. The lowest BCUT2D eigenvalue weighted by atomic mass is 10.1. The lowest BCUT2D eigenvalue weighted by Crippen LogP contribution is -2.27. The molecule has 0 heterocycles. The Morgan fingerprint density at radius 1 is 1.27 bits per heavy atom. The van der Waals surface area contributed by atoms with Crippen LogP contribution in [0.1, 0.15) is 30.6 Å². The van der Waals surface area contributed by atoms with Crippen LogP contribution in [-0.4, -0.2) is 23.6 Å². The summed E-state index contributed by atoms with van der Waals surface area (Å²) >= 11 is 1.40. The number of nitrogens with zero attached hydrogens (tertiary/aromatic N) is 2. The summed E-state index contributed by atoms with van der Waals surface area (Å²) < 4.78 is 13.9. The molecule has 0 N–H and O–H groups in total. The molecule has 2 aromatic carbocycles. The van der Waals surface area contributed by atoms with Gasteiger partial charge in [0, 0.05) is 18.7 Å². The summed E-state index contributed by atoms with van der Waals surface area (Å²) in [6.45, 7) is 4.19. The quantitative estimate of drug-likeness (QED) is 0.381. The largest absolute Gasteiger partial charge is 0.309 e. The second-order valence-electron chi connectivity index (χ2n) is 6.29. The fourth-order valence-corrected chi connectivity index (χ4v) is 3.60. The molecule has 5 nitrogen and oxygen atoms in total. The first-order valence-electron chi connectivity index (χ1n) is 8.25. The van der Waals surface area contributed by atoms with Crippen LogP contribution >= 0.6 is 11.8 Å². The highest BCUT2D eigenvalue weighted by molar-refractivity contribution is 7.99. The number of para-hydroxylation sites is 1. The Kier molecular flexibility index (Phi) is 6.74. The van der Waals surface area contributed by atoms with Gasteiger partial charge in [-0.15, -0.1) is 11.8 Å². The maximum absolute atomic E-state index is 13.9. The fourth-order valence-electron chi connectivity index (χ4n) is 2.35. The predicted molar refractivity (Wildman–Crippen MR) is 102 cm³/mol. The third-order valence-corrected chi connectivity index (χ3v) is 4.97. The molecule has 0 atom stereocenters. The summed E-state index contributed by atoms with van der Waals surface area (Å²) in [7, 11) is 1.44. The average molecular weight is 376 g/mol. The highest BCUT2D eigenvalue weighted by atomic mass is 32.2. The highest BCUT2D eigenvalue weighted by Crippen LogP contribution is 2.32. The van der Waals surface area contributed by atoms with Gasteiger partial charge in [0.15, 0.2) is 0 Å². The molecule has 0 spiro atoms. The number of amides is 1. The van der Waals surface area contributed by atoms with Crippen LogP contribution in [0.3, 0.4) is 0 Å². The van der Waals surface area contributed by atoms with E-state index in [0.717, 1.165) is 17.1 Å². The Bertz CT molecular complexity index is 811. The number of anilines is 1. The van der Waals surface area contributed by atoms with Crippen molar-refractivity contribution in [3.05, 3.63) is 64.0 Å². The van der Waals surface area contributed by atoms with E-state index in [1.807, 2.05) is 0 Å². The van der Waals surface area contributed by atoms with E-state index in [-0.39, 0.29) is 16.9 Å². The Labute approximate surface area is 156 Å². The number of nitro groups is 1. The second kappa shape index (κ2) is 8.80. The molecule has 2 rings (SSSR count). The van der Waals surface area contributed by atoms with Crippen LogP contribution < -0.4 is 4.90 Å². The van der Waals surface area contributed by atoms with Gasteiger partial charge in [0.05, 0.1) is 15.5 Å². The zero-order valence-corrected chi connectivity index (χ0v) is 15.8. The molecule has 0 aliphatic carbocycles. The Hall–Kier alpha value is -2.41. The van der Waals surface area contributed by atoms with Crippen LogP contribution in [0.4, 0.5) is 15.8 Å². The number of thioether (sulfide) groups is 1. The van der Waals surface area contributed by atoms with E-state index in [1.165, 1.54) is 43.1 Å². The molecular weight excluding hydrogens is 355 g/mol. The summed E-state index contributed by atoms with van der Waals surface area (Å²) in [5, 5.41) is 11.4.